The van der Waals surface area contributed by atoms with E-state index in [1.165, 1.54) is 0 Å². The topological polar surface area (TPSA) is 40.6 Å². The first-order valence-corrected chi connectivity index (χ1v) is 8.75. The predicted molar refractivity (Wildman–Crippen MR) is 71.9 cm³/mol. The number of hydrogen-bond donors (Lipinski definition) is 0. The number of rotatable bonds is 4. The van der Waals surface area contributed by atoms with Crippen molar-refractivity contribution in [1.82, 2.24) is 9.21 Å². The largest absolute Gasteiger partial charge is 0.298 e. The van der Waals surface area contributed by atoms with Gasteiger partial charge in [-0.25, -0.2) is 8.42 Å². The van der Waals surface area contributed by atoms with E-state index in [4.69, 9.17) is 0 Å². The third kappa shape index (κ3) is 2.10. The number of likely N-dealkylation sites (tertiary alicyclic amines) is 1. The Kier molecular flexibility index (Phi) is 3.19. The number of hydrogen-bond acceptors (Lipinski definition) is 3. The Labute approximate surface area is 110 Å². The summed E-state index contributed by atoms with van der Waals surface area (Å²) in [7, 11) is -2.96. The molecule has 0 aromatic heterocycles. The zero-order valence-electron chi connectivity index (χ0n) is 11.4. The van der Waals surface area contributed by atoms with Crippen LogP contribution in [0.15, 0.2) is 0 Å². The molecule has 0 radical (unpaired) electrons. The molecule has 0 spiro atoms. The SMILES string of the molecule is CC(C)CN1CC[C@@H]2[C@@H]1CCN2S(=O)(=O)C1CC1. The molecule has 18 heavy (non-hydrogen) atoms. The molecule has 4 nitrogen and oxygen atoms in total. The fourth-order valence-electron chi connectivity index (χ4n) is 3.60. The van der Waals surface area contributed by atoms with Crippen molar-refractivity contribution in [2.24, 2.45) is 5.92 Å². The average molecular weight is 272 g/mol. The van der Waals surface area contributed by atoms with Gasteiger partial charge < -0.3 is 0 Å². The molecule has 2 heterocycles. The van der Waals surface area contributed by atoms with Crippen molar-refractivity contribution in [3.05, 3.63) is 0 Å². The molecule has 0 unspecified atom stereocenters. The predicted octanol–water partition coefficient (Wildman–Crippen LogP) is 1.28. The second-order valence-corrected chi connectivity index (χ2v) is 8.62. The second kappa shape index (κ2) is 4.46. The Morgan fingerprint density at radius 1 is 1.06 bits per heavy atom. The quantitative estimate of drug-likeness (QED) is 0.774. The van der Waals surface area contributed by atoms with Crippen LogP contribution in [0.3, 0.4) is 0 Å². The molecule has 3 aliphatic rings. The van der Waals surface area contributed by atoms with Gasteiger partial charge in [0.05, 0.1) is 5.25 Å². The van der Waals surface area contributed by atoms with Crippen molar-refractivity contribution in [3.63, 3.8) is 0 Å². The van der Waals surface area contributed by atoms with E-state index in [2.05, 4.69) is 18.7 Å². The van der Waals surface area contributed by atoms with Crippen LogP contribution in [0.25, 0.3) is 0 Å². The van der Waals surface area contributed by atoms with Crippen molar-refractivity contribution in [2.45, 2.75) is 56.9 Å². The summed E-state index contributed by atoms with van der Waals surface area (Å²) in [5, 5.41) is -0.0459. The summed E-state index contributed by atoms with van der Waals surface area (Å²) in [4.78, 5) is 2.51. The Balaban J connectivity index is 1.72. The van der Waals surface area contributed by atoms with Gasteiger partial charge in [-0.3, -0.25) is 4.90 Å². The Bertz CT molecular complexity index is 417. The first kappa shape index (κ1) is 12.9. The van der Waals surface area contributed by atoms with Crippen LogP contribution in [0.4, 0.5) is 0 Å². The molecule has 0 N–H and O–H groups in total. The monoisotopic (exact) mass is 272 g/mol. The summed E-state index contributed by atoms with van der Waals surface area (Å²) < 4.78 is 26.6. The smallest absolute Gasteiger partial charge is 0.217 e. The molecule has 0 aromatic carbocycles. The zero-order chi connectivity index (χ0) is 12.9. The van der Waals surface area contributed by atoms with E-state index < -0.39 is 10.0 Å². The Hall–Kier alpha value is -0.130. The standard InChI is InChI=1S/C13H24N2O2S/c1-10(2)9-14-7-5-13-12(14)6-8-15(13)18(16,17)11-3-4-11/h10-13H,3-9H2,1-2H3/t12-,13+/m0/s1. The van der Waals surface area contributed by atoms with E-state index in [1.54, 1.807) is 0 Å². The summed E-state index contributed by atoms with van der Waals surface area (Å²) >= 11 is 0. The molecule has 1 aliphatic carbocycles. The van der Waals surface area contributed by atoms with E-state index in [-0.39, 0.29) is 11.3 Å². The van der Waals surface area contributed by atoms with Crippen molar-refractivity contribution >= 4 is 10.0 Å². The first-order chi connectivity index (χ1) is 8.50. The van der Waals surface area contributed by atoms with E-state index in [9.17, 15) is 8.42 Å². The Morgan fingerprint density at radius 3 is 2.33 bits per heavy atom. The highest BCUT2D eigenvalue weighted by atomic mass is 32.2. The number of fused-ring (bicyclic) bond motifs is 1. The van der Waals surface area contributed by atoms with Crippen LogP contribution >= 0.6 is 0 Å². The lowest BCUT2D eigenvalue weighted by atomic mass is 10.1. The summed E-state index contributed by atoms with van der Waals surface area (Å²) in [5.41, 5.74) is 0. The minimum absolute atomic E-state index is 0.0459. The second-order valence-electron chi connectivity index (χ2n) is 6.46. The normalized spacial score (nSPS) is 34.4. The molecule has 2 aliphatic heterocycles. The summed E-state index contributed by atoms with van der Waals surface area (Å²) in [6, 6.07) is 0.760. The van der Waals surface area contributed by atoms with Crippen molar-refractivity contribution in [1.29, 1.82) is 0 Å². The van der Waals surface area contributed by atoms with Crippen LogP contribution in [0.1, 0.15) is 39.5 Å². The molecule has 0 amide bonds. The number of sulfonamides is 1. The minimum Gasteiger partial charge on any atom is -0.298 e. The van der Waals surface area contributed by atoms with Crippen molar-refractivity contribution in [2.75, 3.05) is 19.6 Å². The minimum atomic E-state index is -2.96. The molecular weight excluding hydrogens is 248 g/mol. The molecule has 2 atom stereocenters. The number of nitrogens with zero attached hydrogens (tertiary/aromatic N) is 2. The van der Waals surface area contributed by atoms with Crippen LogP contribution in [0.5, 0.6) is 0 Å². The molecule has 3 fully saturated rings. The van der Waals surface area contributed by atoms with Crippen molar-refractivity contribution < 1.29 is 8.42 Å². The van der Waals surface area contributed by atoms with Crippen molar-refractivity contribution in [3.8, 4) is 0 Å². The lowest BCUT2D eigenvalue weighted by molar-refractivity contribution is 0.222. The average Bonchev–Trinajstić information content (AvgIpc) is 2.95. The van der Waals surface area contributed by atoms with Gasteiger partial charge in [0.1, 0.15) is 0 Å². The van der Waals surface area contributed by atoms with Gasteiger partial charge in [0, 0.05) is 31.7 Å². The van der Waals surface area contributed by atoms with E-state index in [1.807, 2.05) is 4.31 Å². The molecule has 104 valence electrons. The van der Waals surface area contributed by atoms with Gasteiger partial charge in [-0.05, 0) is 31.6 Å². The van der Waals surface area contributed by atoms with E-state index in [0.717, 1.165) is 45.3 Å². The van der Waals surface area contributed by atoms with Crippen LogP contribution in [0, 0.1) is 5.92 Å². The molecule has 5 heteroatoms. The molecule has 0 aromatic rings. The lowest BCUT2D eigenvalue weighted by Gasteiger charge is -2.26. The summed E-state index contributed by atoms with van der Waals surface area (Å²) in [6.45, 7) is 7.41. The summed E-state index contributed by atoms with van der Waals surface area (Å²) in [6.07, 6.45) is 3.82. The third-order valence-electron chi connectivity index (χ3n) is 4.51. The van der Waals surface area contributed by atoms with Gasteiger partial charge in [0.2, 0.25) is 10.0 Å². The first-order valence-electron chi connectivity index (χ1n) is 7.25. The molecule has 3 rings (SSSR count). The fraction of sp³-hybridized carbons (Fsp3) is 1.00. The van der Waals surface area contributed by atoms with Crippen LogP contribution in [-0.2, 0) is 10.0 Å². The van der Waals surface area contributed by atoms with E-state index >= 15 is 0 Å². The van der Waals surface area contributed by atoms with Gasteiger partial charge in [-0.15, -0.1) is 0 Å². The molecule has 0 bridgehead atoms. The summed E-state index contributed by atoms with van der Waals surface area (Å²) in [5.74, 6) is 0.665. The maximum atomic E-state index is 12.4. The van der Waals surface area contributed by atoms with Gasteiger partial charge in [0.15, 0.2) is 0 Å². The highest BCUT2D eigenvalue weighted by Gasteiger charge is 2.50. The van der Waals surface area contributed by atoms with Gasteiger partial charge >= 0.3 is 0 Å². The zero-order valence-corrected chi connectivity index (χ0v) is 12.2. The lowest BCUT2D eigenvalue weighted by Crippen LogP contribution is -2.41. The van der Waals surface area contributed by atoms with Gasteiger partial charge in [0.25, 0.3) is 0 Å². The molecule has 2 saturated heterocycles. The Morgan fingerprint density at radius 2 is 1.72 bits per heavy atom. The van der Waals surface area contributed by atoms with E-state index in [0.29, 0.717) is 12.0 Å². The highest BCUT2D eigenvalue weighted by Crippen LogP contribution is 2.39. The van der Waals surface area contributed by atoms with Gasteiger partial charge in [-0.1, -0.05) is 13.8 Å². The fourth-order valence-corrected chi connectivity index (χ4v) is 5.70. The van der Waals surface area contributed by atoms with Crippen LogP contribution in [-0.4, -0.2) is 54.6 Å². The third-order valence-corrected chi connectivity index (χ3v) is 6.93. The molecular formula is C13H24N2O2S. The maximum absolute atomic E-state index is 12.4. The molecule has 1 saturated carbocycles. The van der Waals surface area contributed by atoms with Gasteiger partial charge in [-0.2, -0.15) is 4.31 Å². The van der Waals surface area contributed by atoms with Crippen LogP contribution < -0.4 is 0 Å². The maximum Gasteiger partial charge on any atom is 0.217 e. The highest BCUT2D eigenvalue weighted by molar-refractivity contribution is 7.90. The van der Waals surface area contributed by atoms with Crippen LogP contribution in [0.2, 0.25) is 0 Å².